The van der Waals surface area contributed by atoms with Crippen LogP contribution in [0.1, 0.15) is 133 Å². The highest BCUT2D eigenvalue weighted by Gasteiger charge is 2.31. The molecular formula is C52H74O7. The second kappa shape index (κ2) is 24.8. The third-order valence-electron chi connectivity index (χ3n) is 11.2. The van der Waals surface area contributed by atoms with Gasteiger partial charge in [-0.2, -0.15) is 0 Å². The highest BCUT2D eigenvalue weighted by atomic mass is 16.5. The molecule has 0 aromatic heterocycles. The molecule has 0 bridgehead atoms. The van der Waals surface area contributed by atoms with E-state index in [0.717, 1.165) is 60.1 Å². The molecule has 0 heterocycles. The van der Waals surface area contributed by atoms with E-state index < -0.39 is 17.4 Å². The van der Waals surface area contributed by atoms with Crippen molar-refractivity contribution in [1.82, 2.24) is 0 Å². The van der Waals surface area contributed by atoms with Crippen LogP contribution in [0.4, 0.5) is 0 Å². The summed E-state index contributed by atoms with van der Waals surface area (Å²) >= 11 is 0. The number of aryl methyl sites for hydroxylation is 6. The van der Waals surface area contributed by atoms with Gasteiger partial charge in [0.1, 0.15) is 5.75 Å². The van der Waals surface area contributed by atoms with E-state index in [1.54, 1.807) is 13.8 Å². The largest absolute Gasteiger partial charge is 0.493 e. The molecule has 0 saturated heterocycles. The summed E-state index contributed by atoms with van der Waals surface area (Å²) in [7, 11) is 0. The topological polar surface area (TPSA) is 102 Å². The van der Waals surface area contributed by atoms with Gasteiger partial charge in [0.15, 0.2) is 0 Å². The Morgan fingerprint density at radius 3 is 1.63 bits per heavy atom. The predicted octanol–water partition coefficient (Wildman–Crippen LogP) is 11.1. The van der Waals surface area contributed by atoms with Gasteiger partial charge in [0.25, 0.3) is 0 Å². The summed E-state index contributed by atoms with van der Waals surface area (Å²) in [5, 5.41) is 21.0. The summed E-state index contributed by atoms with van der Waals surface area (Å²) in [5.41, 5.74) is 9.65. The van der Waals surface area contributed by atoms with E-state index in [-0.39, 0.29) is 31.8 Å². The number of hydrogen-bond donors (Lipinski definition) is 2. The van der Waals surface area contributed by atoms with Crippen molar-refractivity contribution in [1.29, 1.82) is 0 Å². The standard InChI is InChI=1S/C52H74O7/c1-10-12-13-16-40-19-21-41(22-20-40)23-24-42-25-26-47(43(11-2)33-42)46-34-44(17-14-30-58-49(55)38(3)4)48(45(35-46)18-15-31-59-50(56)39(5)6)57-32-29-52(36-53,37-54)28-27-51(7,8)9/h19-22,25-26,33-35,53-54H,3,5,10-18,23-24,27-32,36-37H2,1-2,4,6-9H3. The van der Waals surface area contributed by atoms with E-state index in [2.05, 4.69) is 102 Å². The lowest BCUT2D eigenvalue weighted by molar-refractivity contribution is -0.139. The van der Waals surface area contributed by atoms with Gasteiger partial charge in [0, 0.05) is 16.6 Å². The molecule has 324 valence electrons. The number of unbranched alkanes of at least 4 members (excludes halogenated alkanes) is 2. The molecule has 0 saturated carbocycles. The first kappa shape index (κ1) is 49.2. The van der Waals surface area contributed by atoms with Gasteiger partial charge in [0.2, 0.25) is 0 Å². The average molecular weight is 811 g/mol. The summed E-state index contributed by atoms with van der Waals surface area (Å²) in [6, 6.07) is 20.3. The number of carbonyl (C=O) groups is 2. The summed E-state index contributed by atoms with van der Waals surface area (Å²) in [4.78, 5) is 24.4. The zero-order chi connectivity index (χ0) is 43.4. The molecule has 3 rings (SSSR count). The van der Waals surface area contributed by atoms with Crippen LogP contribution in [-0.2, 0) is 57.6 Å². The van der Waals surface area contributed by atoms with Crippen LogP contribution in [0.5, 0.6) is 5.75 Å². The Balaban J connectivity index is 1.98. The molecule has 0 aliphatic carbocycles. The van der Waals surface area contributed by atoms with Crippen LogP contribution in [0.2, 0.25) is 0 Å². The van der Waals surface area contributed by atoms with Crippen molar-refractivity contribution >= 4 is 11.9 Å². The smallest absolute Gasteiger partial charge is 0.333 e. The molecule has 0 aliphatic heterocycles. The Hall–Kier alpha value is -4.20. The first-order valence-corrected chi connectivity index (χ1v) is 22.0. The fourth-order valence-corrected chi connectivity index (χ4v) is 7.19. The van der Waals surface area contributed by atoms with Gasteiger partial charge < -0.3 is 24.4 Å². The van der Waals surface area contributed by atoms with E-state index in [1.165, 1.54) is 41.5 Å². The first-order chi connectivity index (χ1) is 28.1. The number of hydrogen-bond acceptors (Lipinski definition) is 7. The lowest BCUT2D eigenvalue weighted by Gasteiger charge is -2.33. The molecule has 3 aromatic carbocycles. The summed E-state index contributed by atoms with van der Waals surface area (Å²) in [6.45, 7) is 22.1. The summed E-state index contributed by atoms with van der Waals surface area (Å²) in [5.74, 6) is -0.0725. The van der Waals surface area contributed by atoms with Crippen molar-refractivity contribution in [2.45, 2.75) is 138 Å². The zero-order valence-electron chi connectivity index (χ0n) is 37.5. The Labute approximate surface area is 356 Å². The number of ether oxygens (including phenoxy) is 3. The van der Waals surface area contributed by atoms with Crippen LogP contribution in [0.15, 0.2) is 78.9 Å². The van der Waals surface area contributed by atoms with Crippen LogP contribution in [0.25, 0.3) is 11.1 Å². The Bertz CT molecular complexity index is 1740. The first-order valence-electron chi connectivity index (χ1n) is 22.0. The van der Waals surface area contributed by atoms with Crippen molar-refractivity contribution in [3.05, 3.63) is 112 Å². The molecule has 59 heavy (non-hydrogen) atoms. The van der Waals surface area contributed by atoms with Gasteiger partial charge in [-0.15, -0.1) is 0 Å². The van der Waals surface area contributed by atoms with E-state index in [9.17, 15) is 19.8 Å². The van der Waals surface area contributed by atoms with Crippen molar-refractivity contribution < 1.29 is 34.0 Å². The molecular weight excluding hydrogens is 737 g/mol. The maximum absolute atomic E-state index is 12.2. The Morgan fingerprint density at radius 1 is 0.610 bits per heavy atom. The highest BCUT2D eigenvalue weighted by molar-refractivity contribution is 5.87. The van der Waals surface area contributed by atoms with Crippen LogP contribution < -0.4 is 4.74 Å². The minimum Gasteiger partial charge on any atom is -0.493 e. The molecule has 7 heteroatoms. The van der Waals surface area contributed by atoms with Gasteiger partial charge in [-0.25, -0.2) is 9.59 Å². The van der Waals surface area contributed by atoms with E-state index in [0.29, 0.717) is 56.3 Å². The lowest BCUT2D eigenvalue weighted by atomic mass is 9.76. The fraction of sp³-hybridized carbons (Fsp3) is 0.538. The van der Waals surface area contributed by atoms with Crippen LogP contribution in [0.3, 0.4) is 0 Å². The SMILES string of the molecule is C=C(C)C(=O)OCCCc1cc(-c2ccc(CCc3ccc(CCCCC)cc3)cc2CC)cc(CCCOC(=O)C(=C)C)c1OCCC(CO)(CO)CCC(C)(C)C. The average Bonchev–Trinajstić information content (AvgIpc) is 3.21. The number of rotatable bonds is 27. The van der Waals surface area contributed by atoms with Crippen molar-refractivity contribution in [3.63, 3.8) is 0 Å². The molecule has 3 aromatic rings. The second-order valence-electron chi connectivity index (χ2n) is 17.8. The maximum atomic E-state index is 12.2. The van der Waals surface area contributed by atoms with E-state index >= 15 is 0 Å². The molecule has 7 nitrogen and oxygen atoms in total. The Morgan fingerprint density at radius 2 is 1.14 bits per heavy atom. The molecule has 0 aliphatic rings. The Kier molecular flexibility index (Phi) is 20.6. The number of aliphatic hydroxyl groups excluding tert-OH is 2. The quantitative estimate of drug-likeness (QED) is 0.0449. The monoisotopic (exact) mass is 811 g/mol. The van der Waals surface area contributed by atoms with Crippen LogP contribution in [0, 0.1) is 10.8 Å². The minimum absolute atomic E-state index is 0.0586. The number of benzene rings is 3. The number of carbonyl (C=O) groups excluding carboxylic acids is 2. The highest BCUT2D eigenvalue weighted by Crippen LogP contribution is 2.37. The maximum Gasteiger partial charge on any atom is 0.333 e. The molecule has 0 fully saturated rings. The number of esters is 2. The summed E-state index contributed by atoms with van der Waals surface area (Å²) in [6.07, 6.45) is 12.0. The molecule has 2 N–H and O–H groups in total. The lowest BCUT2D eigenvalue weighted by Crippen LogP contribution is -2.33. The number of aliphatic hydroxyl groups is 2. The van der Waals surface area contributed by atoms with Crippen molar-refractivity contribution in [3.8, 4) is 16.9 Å². The normalized spacial score (nSPS) is 11.7. The molecule has 0 radical (unpaired) electrons. The second-order valence-corrected chi connectivity index (χ2v) is 17.8. The van der Waals surface area contributed by atoms with Gasteiger partial charge in [-0.05, 0) is 153 Å². The summed E-state index contributed by atoms with van der Waals surface area (Å²) < 4.78 is 17.7. The van der Waals surface area contributed by atoms with Crippen molar-refractivity contribution in [2.75, 3.05) is 33.0 Å². The predicted molar refractivity (Wildman–Crippen MR) is 242 cm³/mol. The van der Waals surface area contributed by atoms with E-state index in [4.69, 9.17) is 14.2 Å². The van der Waals surface area contributed by atoms with Crippen LogP contribution >= 0.6 is 0 Å². The fourth-order valence-electron chi connectivity index (χ4n) is 7.19. The third kappa shape index (κ3) is 16.8. The molecule has 0 spiro atoms. The van der Waals surface area contributed by atoms with Gasteiger partial charge in [-0.3, -0.25) is 0 Å². The van der Waals surface area contributed by atoms with E-state index in [1.807, 2.05) is 0 Å². The van der Waals surface area contributed by atoms with Crippen molar-refractivity contribution in [2.24, 2.45) is 10.8 Å². The zero-order valence-corrected chi connectivity index (χ0v) is 37.5. The van der Waals surface area contributed by atoms with Gasteiger partial charge >= 0.3 is 11.9 Å². The van der Waals surface area contributed by atoms with Gasteiger partial charge in [0.05, 0.1) is 33.0 Å². The molecule has 0 atom stereocenters. The molecule has 0 unspecified atom stereocenters. The van der Waals surface area contributed by atoms with Crippen LogP contribution in [-0.4, -0.2) is 55.2 Å². The van der Waals surface area contributed by atoms with Gasteiger partial charge in [-0.1, -0.05) is 103 Å². The molecule has 0 amide bonds. The minimum atomic E-state index is -0.670. The third-order valence-corrected chi connectivity index (χ3v) is 11.2.